The molecule has 0 radical (unpaired) electrons. The second kappa shape index (κ2) is 6.46. The highest BCUT2D eigenvalue weighted by atomic mass is 15.2. The fourth-order valence-electron chi connectivity index (χ4n) is 3.16. The molecule has 4 rings (SSSR count). The van der Waals surface area contributed by atoms with Crippen LogP contribution in [0.3, 0.4) is 0 Å². The first-order valence-corrected chi connectivity index (χ1v) is 8.41. The Morgan fingerprint density at radius 1 is 1.12 bits per heavy atom. The average Bonchev–Trinajstić information content (AvgIpc) is 3.10. The number of piperazine rings is 1. The van der Waals surface area contributed by atoms with Gasteiger partial charge in [-0.25, -0.2) is 4.98 Å². The zero-order chi connectivity index (χ0) is 17.2. The van der Waals surface area contributed by atoms with Gasteiger partial charge in [0.1, 0.15) is 17.6 Å². The molecule has 6 heteroatoms. The average molecular weight is 332 g/mol. The highest BCUT2D eigenvalue weighted by Crippen LogP contribution is 2.25. The number of fused-ring (bicyclic) bond motifs is 1. The van der Waals surface area contributed by atoms with Gasteiger partial charge in [-0.05, 0) is 36.7 Å². The fourth-order valence-corrected chi connectivity index (χ4v) is 3.16. The lowest BCUT2D eigenvalue weighted by molar-refractivity contribution is 0.313. The standard InChI is InChI=1S/C19H20N6/c1-24-6-8-25(9-7-24)17-10-16(13-20)23-19(12-17)22-15-3-2-14-4-5-21-18(14)11-15/h2-5,10-12,21H,6-9H2,1H3,(H,22,23). The molecule has 0 bridgehead atoms. The molecule has 0 amide bonds. The quantitative estimate of drug-likeness (QED) is 0.772. The zero-order valence-corrected chi connectivity index (χ0v) is 14.2. The molecular formula is C19H20N6. The minimum Gasteiger partial charge on any atom is -0.369 e. The van der Waals surface area contributed by atoms with Gasteiger partial charge < -0.3 is 20.1 Å². The lowest BCUT2D eigenvalue weighted by Gasteiger charge is -2.34. The summed E-state index contributed by atoms with van der Waals surface area (Å²) in [6, 6.07) is 14.2. The summed E-state index contributed by atoms with van der Waals surface area (Å²) in [7, 11) is 2.13. The van der Waals surface area contributed by atoms with E-state index in [-0.39, 0.29) is 0 Å². The van der Waals surface area contributed by atoms with Crippen molar-refractivity contribution in [2.45, 2.75) is 0 Å². The topological polar surface area (TPSA) is 71.0 Å². The van der Waals surface area contributed by atoms with E-state index in [4.69, 9.17) is 0 Å². The van der Waals surface area contributed by atoms with Crippen LogP contribution in [0.4, 0.5) is 17.2 Å². The monoisotopic (exact) mass is 332 g/mol. The van der Waals surface area contributed by atoms with E-state index in [9.17, 15) is 5.26 Å². The Labute approximate surface area is 146 Å². The Morgan fingerprint density at radius 2 is 1.96 bits per heavy atom. The molecule has 3 aromatic rings. The van der Waals surface area contributed by atoms with Crippen LogP contribution in [0.5, 0.6) is 0 Å². The molecule has 126 valence electrons. The van der Waals surface area contributed by atoms with Crippen LogP contribution in [0, 0.1) is 11.3 Å². The Bertz CT molecular complexity index is 930. The van der Waals surface area contributed by atoms with Crippen molar-refractivity contribution in [1.82, 2.24) is 14.9 Å². The van der Waals surface area contributed by atoms with Gasteiger partial charge in [0.2, 0.25) is 0 Å². The van der Waals surface area contributed by atoms with E-state index in [0.717, 1.165) is 43.1 Å². The van der Waals surface area contributed by atoms with Crippen LogP contribution in [0.1, 0.15) is 5.69 Å². The fraction of sp³-hybridized carbons (Fsp3) is 0.263. The first-order chi connectivity index (χ1) is 12.2. The van der Waals surface area contributed by atoms with Gasteiger partial charge in [-0.3, -0.25) is 0 Å². The maximum Gasteiger partial charge on any atom is 0.144 e. The molecule has 25 heavy (non-hydrogen) atoms. The minimum atomic E-state index is 0.430. The molecule has 2 N–H and O–H groups in total. The molecular weight excluding hydrogens is 312 g/mol. The number of hydrogen-bond donors (Lipinski definition) is 2. The summed E-state index contributed by atoms with van der Waals surface area (Å²) < 4.78 is 0. The first kappa shape index (κ1) is 15.5. The molecule has 1 aliphatic rings. The van der Waals surface area contributed by atoms with E-state index in [2.05, 4.69) is 44.3 Å². The molecule has 1 saturated heterocycles. The summed E-state index contributed by atoms with van der Waals surface area (Å²) in [5.41, 5.74) is 3.49. The molecule has 1 fully saturated rings. The number of H-pyrrole nitrogens is 1. The summed E-state index contributed by atoms with van der Waals surface area (Å²) >= 11 is 0. The Balaban J connectivity index is 1.62. The highest BCUT2D eigenvalue weighted by Gasteiger charge is 2.16. The predicted octanol–water partition coefficient (Wildman–Crippen LogP) is 2.93. The van der Waals surface area contributed by atoms with E-state index in [1.54, 1.807) is 0 Å². The normalized spacial score (nSPS) is 15.3. The number of hydrogen-bond acceptors (Lipinski definition) is 5. The van der Waals surface area contributed by atoms with Crippen molar-refractivity contribution in [3.05, 3.63) is 48.3 Å². The number of aromatic nitrogens is 2. The van der Waals surface area contributed by atoms with Crippen molar-refractivity contribution in [2.24, 2.45) is 0 Å². The maximum absolute atomic E-state index is 9.33. The molecule has 3 heterocycles. The minimum absolute atomic E-state index is 0.430. The van der Waals surface area contributed by atoms with Crippen molar-refractivity contribution in [2.75, 3.05) is 43.4 Å². The summed E-state index contributed by atoms with van der Waals surface area (Å²) in [5.74, 6) is 0.693. The van der Waals surface area contributed by atoms with E-state index >= 15 is 0 Å². The van der Waals surface area contributed by atoms with Gasteiger partial charge in [0.15, 0.2) is 0 Å². The van der Waals surface area contributed by atoms with Crippen LogP contribution in [-0.2, 0) is 0 Å². The Kier molecular flexibility index (Phi) is 4.00. The van der Waals surface area contributed by atoms with Crippen molar-refractivity contribution in [3.8, 4) is 6.07 Å². The van der Waals surface area contributed by atoms with Crippen LogP contribution in [0.15, 0.2) is 42.6 Å². The van der Waals surface area contributed by atoms with Gasteiger partial charge in [-0.2, -0.15) is 5.26 Å². The van der Waals surface area contributed by atoms with Crippen molar-refractivity contribution < 1.29 is 0 Å². The summed E-state index contributed by atoms with van der Waals surface area (Å²) in [6.45, 7) is 3.96. The molecule has 2 aromatic heterocycles. The molecule has 1 aromatic carbocycles. The summed E-state index contributed by atoms with van der Waals surface area (Å²) in [4.78, 5) is 12.2. The molecule has 0 saturated carbocycles. The maximum atomic E-state index is 9.33. The smallest absolute Gasteiger partial charge is 0.144 e. The number of rotatable bonds is 3. The van der Waals surface area contributed by atoms with Gasteiger partial charge in [0.25, 0.3) is 0 Å². The summed E-state index contributed by atoms with van der Waals surface area (Å²) in [6.07, 6.45) is 1.93. The third-order valence-electron chi connectivity index (χ3n) is 4.62. The number of nitrogens with zero attached hydrogens (tertiary/aromatic N) is 4. The molecule has 6 nitrogen and oxygen atoms in total. The largest absolute Gasteiger partial charge is 0.369 e. The van der Waals surface area contributed by atoms with Gasteiger partial charge in [0, 0.05) is 55.3 Å². The van der Waals surface area contributed by atoms with Crippen molar-refractivity contribution >= 4 is 28.1 Å². The number of benzene rings is 1. The van der Waals surface area contributed by atoms with Crippen LogP contribution in [0.2, 0.25) is 0 Å². The van der Waals surface area contributed by atoms with E-state index in [1.165, 1.54) is 5.39 Å². The van der Waals surface area contributed by atoms with Crippen LogP contribution < -0.4 is 10.2 Å². The van der Waals surface area contributed by atoms with E-state index in [1.807, 2.05) is 36.5 Å². The van der Waals surface area contributed by atoms with Crippen LogP contribution in [0.25, 0.3) is 10.9 Å². The highest BCUT2D eigenvalue weighted by molar-refractivity contribution is 5.83. The van der Waals surface area contributed by atoms with Crippen molar-refractivity contribution in [1.29, 1.82) is 5.26 Å². The number of anilines is 3. The van der Waals surface area contributed by atoms with Crippen molar-refractivity contribution in [3.63, 3.8) is 0 Å². The molecule has 0 spiro atoms. The lowest BCUT2D eigenvalue weighted by atomic mass is 10.2. The van der Waals surface area contributed by atoms with Gasteiger partial charge in [0.05, 0.1) is 0 Å². The number of pyridine rings is 1. The van der Waals surface area contributed by atoms with Gasteiger partial charge in [-0.1, -0.05) is 6.07 Å². The molecule has 0 unspecified atom stereocenters. The molecule has 0 atom stereocenters. The third kappa shape index (κ3) is 3.28. The molecule has 1 aliphatic heterocycles. The number of nitrogens with one attached hydrogen (secondary N) is 2. The van der Waals surface area contributed by atoms with Crippen LogP contribution >= 0.6 is 0 Å². The van der Waals surface area contributed by atoms with Gasteiger partial charge >= 0.3 is 0 Å². The first-order valence-electron chi connectivity index (χ1n) is 8.41. The number of nitriles is 1. The predicted molar refractivity (Wildman–Crippen MR) is 100 cm³/mol. The molecule has 0 aliphatic carbocycles. The number of likely N-dealkylation sites (N-methyl/N-ethyl adjacent to an activating group) is 1. The van der Waals surface area contributed by atoms with Crippen LogP contribution in [-0.4, -0.2) is 48.1 Å². The second-order valence-electron chi connectivity index (χ2n) is 6.40. The van der Waals surface area contributed by atoms with E-state index < -0.39 is 0 Å². The Morgan fingerprint density at radius 3 is 2.76 bits per heavy atom. The van der Waals surface area contributed by atoms with Gasteiger partial charge in [-0.15, -0.1) is 0 Å². The SMILES string of the molecule is CN1CCN(c2cc(C#N)nc(Nc3ccc4cc[nH]c4c3)c2)CC1. The Hall–Kier alpha value is -3.04. The second-order valence-corrected chi connectivity index (χ2v) is 6.40. The third-order valence-corrected chi connectivity index (χ3v) is 4.62. The summed E-state index contributed by atoms with van der Waals surface area (Å²) in [5, 5.41) is 13.8. The lowest BCUT2D eigenvalue weighted by Crippen LogP contribution is -2.44. The van der Waals surface area contributed by atoms with E-state index in [0.29, 0.717) is 11.5 Å². The number of aromatic amines is 1. The zero-order valence-electron chi connectivity index (χ0n) is 14.2.